The van der Waals surface area contributed by atoms with Crippen LogP contribution in [0.25, 0.3) is 0 Å². The van der Waals surface area contributed by atoms with E-state index < -0.39 is 0 Å². The van der Waals surface area contributed by atoms with Gasteiger partial charge in [-0.25, -0.2) is 4.98 Å². The second-order valence-corrected chi connectivity index (χ2v) is 6.40. The van der Waals surface area contributed by atoms with Crippen molar-refractivity contribution < 1.29 is 4.79 Å². The number of carbonyl (C=O) groups is 1. The van der Waals surface area contributed by atoms with Gasteiger partial charge in [-0.05, 0) is 64.3 Å². The summed E-state index contributed by atoms with van der Waals surface area (Å²) in [6.07, 6.45) is 4.88. The van der Waals surface area contributed by atoms with Gasteiger partial charge in [-0.2, -0.15) is 0 Å². The first-order valence-electron chi connectivity index (χ1n) is 6.23. The average Bonchev–Trinajstić information content (AvgIpc) is 2.89. The standard InChI is InChI=1S/C14H13BrN2OS/c15-13-5-4-9(8-16-13)14(18)17-11-2-1-3-12-10(11)6-7-19-12/h4-8,11H,1-3H2,(H,17,18). The van der Waals surface area contributed by atoms with Gasteiger partial charge in [0.25, 0.3) is 5.91 Å². The van der Waals surface area contributed by atoms with Gasteiger partial charge >= 0.3 is 0 Å². The van der Waals surface area contributed by atoms with Crippen molar-refractivity contribution in [2.45, 2.75) is 25.3 Å². The largest absolute Gasteiger partial charge is 0.345 e. The van der Waals surface area contributed by atoms with Crippen LogP contribution in [0.5, 0.6) is 0 Å². The van der Waals surface area contributed by atoms with Gasteiger partial charge in [0.1, 0.15) is 4.60 Å². The summed E-state index contributed by atoms with van der Waals surface area (Å²) in [5.74, 6) is -0.0518. The first-order chi connectivity index (χ1) is 9.24. The highest BCUT2D eigenvalue weighted by molar-refractivity contribution is 9.10. The predicted octanol–water partition coefficient (Wildman–Crippen LogP) is 3.71. The van der Waals surface area contributed by atoms with Crippen LogP contribution in [0.2, 0.25) is 0 Å². The molecule has 19 heavy (non-hydrogen) atoms. The number of aromatic nitrogens is 1. The van der Waals surface area contributed by atoms with Gasteiger partial charge in [-0.3, -0.25) is 4.79 Å². The van der Waals surface area contributed by atoms with Crippen molar-refractivity contribution in [3.8, 4) is 0 Å². The van der Waals surface area contributed by atoms with Crippen LogP contribution in [-0.2, 0) is 6.42 Å². The molecule has 0 aliphatic heterocycles. The zero-order chi connectivity index (χ0) is 13.2. The van der Waals surface area contributed by atoms with Crippen LogP contribution in [0, 0.1) is 0 Å². The Morgan fingerprint density at radius 1 is 1.42 bits per heavy atom. The maximum absolute atomic E-state index is 12.2. The van der Waals surface area contributed by atoms with Crippen molar-refractivity contribution in [3.05, 3.63) is 50.4 Å². The lowest BCUT2D eigenvalue weighted by atomic mass is 9.94. The monoisotopic (exact) mass is 336 g/mol. The number of fused-ring (bicyclic) bond motifs is 1. The number of pyridine rings is 1. The van der Waals surface area contributed by atoms with Gasteiger partial charge in [0.15, 0.2) is 0 Å². The number of hydrogen-bond acceptors (Lipinski definition) is 3. The molecule has 0 bridgehead atoms. The Bertz CT molecular complexity index is 594. The molecule has 1 aliphatic carbocycles. The van der Waals surface area contributed by atoms with Crippen LogP contribution in [0.15, 0.2) is 34.4 Å². The summed E-state index contributed by atoms with van der Waals surface area (Å²) in [6, 6.07) is 5.84. The van der Waals surface area contributed by atoms with Crippen LogP contribution in [0.3, 0.4) is 0 Å². The number of hydrogen-bond donors (Lipinski definition) is 1. The summed E-state index contributed by atoms with van der Waals surface area (Å²) in [6.45, 7) is 0. The minimum Gasteiger partial charge on any atom is -0.345 e. The third kappa shape index (κ3) is 2.72. The molecule has 1 N–H and O–H groups in total. The molecule has 2 aromatic heterocycles. The summed E-state index contributed by atoms with van der Waals surface area (Å²) >= 11 is 5.05. The average molecular weight is 337 g/mol. The molecule has 5 heteroatoms. The number of carbonyl (C=O) groups excluding carboxylic acids is 1. The van der Waals surface area contributed by atoms with Gasteiger partial charge in [0.05, 0.1) is 11.6 Å². The van der Waals surface area contributed by atoms with Gasteiger partial charge in [-0.15, -0.1) is 11.3 Å². The molecule has 0 saturated carbocycles. The van der Waals surface area contributed by atoms with Gasteiger partial charge in [-0.1, -0.05) is 0 Å². The van der Waals surface area contributed by atoms with E-state index in [-0.39, 0.29) is 11.9 Å². The molecule has 1 aliphatic rings. The number of halogens is 1. The van der Waals surface area contributed by atoms with Gasteiger partial charge in [0.2, 0.25) is 0 Å². The number of amides is 1. The topological polar surface area (TPSA) is 42.0 Å². The van der Waals surface area contributed by atoms with Crippen LogP contribution >= 0.6 is 27.3 Å². The SMILES string of the molecule is O=C(NC1CCCc2sccc21)c1ccc(Br)nc1. The van der Waals surface area contributed by atoms with Crippen molar-refractivity contribution in [2.24, 2.45) is 0 Å². The molecule has 1 atom stereocenters. The Balaban J connectivity index is 1.76. The molecule has 2 heterocycles. The van der Waals surface area contributed by atoms with Crippen molar-refractivity contribution in [3.63, 3.8) is 0 Å². The highest BCUT2D eigenvalue weighted by atomic mass is 79.9. The third-order valence-corrected chi connectivity index (χ3v) is 4.81. The van der Waals surface area contributed by atoms with Crippen molar-refractivity contribution in [1.29, 1.82) is 0 Å². The molecule has 98 valence electrons. The van der Waals surface area contributed by atoms with Crippen LogP contribution in [-0.4, -0.2) is 10.9 Å². The molecular formula is C14H13BrN2OS. The zero-order valence-corrected chi connectivity index (χ0v) is 12.6. The minimum atomic E-state index is -0.0518. The highest BCUT2D eigenvalue weighted by Crippen LogP contribution is 2.33. The van der Waals surface area contributed by atoms with E-state index in [0.717, 1.165) is 23.9 Å². The molecule has 2 aromatic rings. The Morgan fingerprint density at radius 2 is 2.32 bits per heavy atom. The van der Waals surface area contributed by atoms with E-state index >= 15 is 0 Å². The summed E-state index contributed by atoms with van der Waals surface area (Å²) in [5.41, 5.74) is 1.89. The van der Waals surface area contributed by atoms with E-state index in [2.05, 4.69) is 37.7 Å². The Hall–Kier alpha value is -1.20. The van der Waals surface area contributed by atoms with E-state index in [4.69, 9.17) is 0 Å². The minimum absolute atomic E-state index is 0.0518. The quantitative estimate of drug-likeness (QED) is 0.849. The first-order valence-corrected chi connectivity index (χ1v) is 7.90. The van der Waals surface area contributed by atoms with Crippen molar-refractivity contribution >= 4 is 33.2 Å². The lowest BCUT2D eigenvalue weighted by Crippen LogP contribution is -2.30. The summed E-state index contributed by atoms with van der Waals surface area (Å²) < 4.78 is 0.738. The number of nitrogens with zero attached hydrogens (tertiary/aromatic N) is 1. The lowest BCUT2D eigenvalue weighted by Gasteiger charge is -2.23. The van der Waals surface area contributed by atoms with E-state index in [1.54, 1.807) is 29.7 Å². The normalized spacial score (nSPS) is 17.8. The van der Waals surface area contributed by atoms with Crippen LogP contribution in [0.1, 0.15) is 39.7 Å². The molecule has 0 aromatic carbocycles. The maximum atomic E-state index is 12.2. The summed E-state index contributed by atoms with van der Waals surface area (Å²) in [4.78, 5) is 17.7. The van der Waals surface area contributed by atoms with Crippen molar-refractivity contribution in [2.75, 3.05) is 0 Å². The second kappa shape index (κ2) is 5.43. The fourth-order valence-corrected chi connectivity index (χ4v) is 3.61. The van der Waals surface area contributed by atoms with Crippen LogP contribution < -0.4 is 5.32 Å². The molecule has 0 radical (unpaired) electrons. The van der Waals surface area contributed by atoms with E-state index in [1.165, 1.54) is 10.4 Å². The third-order valence-electron chi connectivity index (χ3n) is 3.35. The molecule has 0 saturated heterocycles. The maximum Gasteiger partial charge on any atom is 0.253 e. The molecule has 1 amide bonds. The van der Waals surface area contributed by atoms with E-state index in [1.807, 2.05) is 0 Å². The van der Waals surface area contributed by atoms with E-state index in [9.17, 15) is 4.79 Å². The zero-order valence-electron chi connectivity index (χ0n) is 10.2. The Kier molecular flexibility index (Phi) is 3.66. The predicted molar refractivity (Wildman–Crippen MR) is 79.4 cm³/mol. The van der Waals surface area contributed by atoms with Crippen molar-refractivity contribution in [1.82, 2.24) is 10.3 Å². The fraction of sp³-hybridized carbons (Fsp3) is 0.286. The van der Waals surface area contributed by atoms with Crippen LogP contribution in [0.4, 0.5) is 0 Å². The molecule has 0 fully saturated rings. The second-order valence-electron chi connectivity index (χ2n) is 4.59. The van der Waals surface area contributed by atoms with Gasteiger partial charge < -0.3 is 5.32 Å². The summed E-state index contributed by atoms with van der Waals surface area (Å²) in [5, 5.41) is 5.22. The first kappa shape index (κ1) is 12.8. The van der Waals surface area contributed by atoms with E-state index in [0.29, 0.717) is 5.56 Å². The number of rotatable bonds is 2. The Labute approximate surface area is 124 Å². The number of nitrogens with one attached hydrogen (secondary N) is 1. The molecular weight excluding hydrogens is 324 g/mol. The highest BCUT2D eigenvalue weighted by Gasteiger charge is 2.23. The number of thiophene rings is 1. The molecule has 3 rings (SSSR count). The summed E-state index contributed by atoms with van der Waals surface area (Å²) in [7, 11) is 0. The molecule has 1 unspecified atom stereocenters. The number of aryl methyl sites for hydroxylation is 1. The fourth-order valence-electron chi connectivity index (χ4n) is 2.39. The molecule has 3 nitrogen and oxygen atoms in total. The van der Waals surface area contributed by atoms with Gasteiger partial charge in [0, 0.05) is 11.1 Å². The Morgan fingerprint density at radius 3 is 3.11 bits per heavy atom. The smallest absolute Gasteiger partial charge is 0.253 e. The lowest BCUT2D eigenvalue weighted by molar-refractivity contribution is 0.0932. The molecule has 0 spiro atoms.